The second kappa shape index (κ2) is 13.0. The number of hydrogen-bond acceptors (Lipinski definition) is 13. The van der Waals surface area contributed by atoms with Gasteiger partial charge in [0.15, 0.2) is 12.4 Å². The first-order chi connectivity index (χ1) is 21.0. The van der Waals surface area contributed by atoms with Gasteiger partial charge in [-0.25, -0.2) is 4.79 Å². The molecule has 0 aromatic heterocycles. The summed E-state index contributed by atoms with van der Waals surface area (Å²) < 4.78 is 14.8. The van der Waals surface area contributed by atoms with Crippen molar-refractivity contribution in [3.8, 4) is 0 Å². The number of Topliss-reactive ketones (excluding diaryl/α,β-unsaturated/α-hetero) is 1. The Bertz CT molecular complexity index is 1290. The summed E-state index contributed by atoms with van der Waals surface area (Å²) in [7, 11) is 0. The average molecular weight is 657 g/mol. The van der Waals surface area contributed by atoms with Crippen LogP contribution in [0.1, 0.15) is 59.3 Å². The first-order valence-electron chi connectivity index (χ1n) is 15.1. The lowest BCUT2D eigenvalue weighted by atomic mass is 9.46. The van der Waals surface area contributed by atoms with Gasteiger partial charge in [0.2, 0.25) is 5.78 Å². The number of esters is 1. The van der Waals surface area contributed by atoms with E-state index in [4.69, 9.17) is 31.5 Å². The minimum absolute atomic E-state index is 0.0130. The summed E-state index contributed by atoms with van der Waals surface area (Å²) in [4.78, 5) is 63.1. The fourth-order valence-electron chi connectivity index (χ4n) is 8.17. The van der Waals surface area contributed by atoms with Crippen molar-refractivity contribution in [2.75, 3.05) is 26.4 Å². The molecule has 4 rings (SSSR count). The van der Waals surface area contributed by atoms with Crippen LogP contribution in [0.25, 0.3) is 0 Å². The highest BCUT2D eigenvalue weighted by Gasteiger charge is 2.74. The highest BCUT2D eigenvalue weighted by Crippen LogP contribution is 2.70. The van der Waals surface area contributed by atoms with Gasteiger partial charge in [-0.2, -0.15) is 0 Å². The van der Waals surface area contributed by atoms with E-state index in [1.165, 1.54) is 6.08 Å². The lowest BCUT2D eigenvalue weighted by Gasteiger charge is -2.63. The Hall–Kier alpha value is -3.07. The van der Waals surface area contributed by atoms with Crippen LogP contribution in [0.2, 0.25) is 0 Å². The Morgan fingerprint density at radius 2 is 1.87 bits per heavy atom. The van der Waals surface area contributed by atoms with Gasteiger partial charge in [-0.3, -0.25) is 14.4 Å². The van der Waals surface area contributed by atoms with Crippen LogP contribution >= 0.6 is 11.6 Å². The molecular weight excluding hydrogens is 616 g/mol. The van der Waals surface area contributed by atoms with Gasteiger partial charge in [0.1, 0.15) is 18.2 Å². The lowest BCUT2D eigenvalue weighted by molar-refractivity contribution is -0.757. The number of alkyl halides is 1. The van der Waals surface area contributed by atoms with Crippen molar-refractivity contribution in [2.24, 2.45) is 34.3 Å². The molecule has 2 fully saturated rings. The molecular formula is C30H41ClN2O12. The lowest BCUT2D eigenvalue weighted by Crippen LogP contribution is -2.68. The summed E-state index contributed by atoms with van der Waals surface area (Å²) in [6, 6.07) is -1.34. The number of unbranched alkanes of at least 4 members (excludes halogenated alkanes) is 1. The first kappa shape index (κ1) is 34.8. The SMILES string of the molecule is C[C@H]1C[C@H]2[C@@H]3CC=C4CC(=O)C=C[C@]4(C)[C@@]3(Cl)[C@@H](O)C[C@]2(C)C1(O)C(=O)COC(=O)OCC(N)C(=O)OCCCCO[N+](=O)[O-]. The van der Waals surface area contributed by atoms with Gasteiger partial charge in [-0.1, -0.05) is 38.5 Å². The fraction of sp³-hybridized carbons (Fsp3) is 0.733. The van der Waals surface area contributed by atoms with Crippen LogP contribution in [0.5, 0.6) is 0 Å². The largest absolute Gasteiger partial charge is 0.508 e. The summed E-state index contributed by atoms with van der Waals surface area (Å²) in [6.45, 7) is 3.79. The van der Waals surface area contributed by atoms with Crippen molar-refractivity contribution < 1.29 is 53.5 Å². The number of ketones is 2. The molecule has 0 aromatic rings. The molecule has 15 heteroatoms. The molecule has 2 unspecified atom stereocenters. The van der Waals surface area contributed by atoms with E-state index < -0.39 is 75.6 Å². The summed E-state index contributed by atoms with van der Waals surface area (Å²) in [6.07, 6.45) is 4.60. The predicted molar refractivity (Wildman–Crippen MR) is 156 cm³/mol. The number of carbonyl (C=O) groups is 4. The van der Waals surface area contributed by atoms with Crippen LogP contribution < -0.4 is 5.73 Å². The zero-order chi connectivity index (χ0) is 33.4. The quantitative estimate of drug-likeness (QED) is 0.0686. The van der Waals surface area contributed by atoms with Crippen molar-refractivity contribution in [1.82, 2.24) is 0 Å². The number of nitrogens with zero attached hydrogens (tertiary/aromatic N) is 1. The van der Waals surface area contributed by atoms with Gasteiger partial charge in [0, 0.05) is 17.3 Å². The molecule has 0 heterocycles. The molecule has 9 atom stereocenters. The summed E-state index contributed by atoms with van der Waals surface area (Å²) in [5.41, 5.74) is 2.70. The molecule has 4 N–H and O–H groups in total. The van der Waals surface area contributed by atoms with Crippen LogP contribution in [-0.2, 0) is 33.4 Å². The number of ether oxygens (including phenoxy) is 3. The molecule has 0 aromatic carbocycles. The maximum Gasteiger partial charge on any atom is 0.508 e. The van der Waals surface area contributed by atoms with Crippen molar-refractivity contribution in [2.45, 2.75) is 81.9 Å². The van der Waals surface area contributed by atoms with Gasteiger partial charge in [0.25, 0.3) is 5.09 Å². The van der Waals surface area contributed by atoms with Crippen LogP contribution in [0.15, 0.2) is 23.8 Å². The predicted octanol–water partition coefficient (Wildman–Crippen LogP) is 2.18. The van der Waals surface area contributed by atoms with Crippen molar-refractivity contribution in [3.63, 3.8) is 0 Å². The molecule has 250 valence electrons. The van der Waals surface area contributed by atoms with Crippen molar-refractivity contribution >= 4 is 35.3 Å². The van der Waals surface area contributed by atoms with E-state index in [1.54, 1.807) is 19.9 Å². The van der Waals surface area contributed by atoms with E-state index in [2.05, 4.69) is 4.84 Å². The van der Waals surface area contributed by atoms with Gasteiger partial charge >= 0.3 is 12.1 Å². The van der Waals surface area contributed by atoms with E-state index in [-0.39, 0.29) is 56.5 Å². The standard InChI is InChI=1S/C30H41ClN2O12/c1-17-12-21-20-7-6-18-13-19(34)8-9-27(18,2)29(20,31)23(35)14-28(21,3)30(17,39)24(36)16-44-26(38)43-15-22(32)25(37)42-10-4-5-11-45-33(40)41/h6,8-9,17,20-23,35,39H,4-5,7,10-16,32H2,1-3H3/t17-,20-,21-,22?,23-,27-,28-,29-,30?/m0/s1. The van der Waals surface area contributed by atoms with E-state index in [9.17, 15) is 39.5 Å². The van der Waals surface area contributed by atoms with E-state index in [0.717, 1.165) is 5.57 Å². The minimum atomic E-state index is -1.95. The topological polar surface area (TPSA) is 215 Å². The third kappa shape index (κ3) is 5.97. The molecule has 45 heavy (non-hydrogen) atoms. The highest BCUT2D eigenvalue weighted by molar-refractivity contribution is 6.26. The Kier molecular flexibility index (Phi) is 10.0. The molecule has 0 saturated heterocycles. The molecule has 2 saturated carbocycles. The average Bonchev–Trinajstić information content (AvgIpc) is 3.18. The second-order valence-electron chi connectivity index (χ2n) is 13.0. The van der Waals surface area contributed by atoms with E-state index >= 15 is 0 Å². The molecule has 0 spiro atoms. The smallest absolute Gasteiger partial charge is 0.464 e. The Balaban J connectivity index is 1.34. The number of nitrogens with two attached hydrogens (primary N) is 1. The first-order valence-corrected chi connectivity index (χ1v) is 15.4. The molecule has 4 aliphatic rings. The van der Waals surface area contributed by atoms with Crippen LogP contribution in [0, 0.1) is 38.7 Å². The maximum atomic E-state index is 13.6. The number of aliphatic hydroxyl groups is 2. The van der Waals surface area contributed by atoms with E-state index in [0.29, 0.717) is 12.8 Å². The number of allylic oxidation sites excluding steroid dienone is 4. The number of carbonyl (C=O) groups excluding carboxylic acids is 4. The number of fused-ring (bicyclic) bond motifs is 5. The zero-order valence-electron chi connectivity index (χ0n) is 25.6. The van der Waals surface area contributed by atoms with Gasteiger partial charge in [-0.15, -0.1) is 21.7 Å². The fourth-order valence-corrected chi connectivity index (χ4v) is 8.67. The summed E-state index contributed by atoms with van der Waals surface area (Å²) >= 11 is 7.41. The van der Waals surface area contributed by atoms with Crippen molar-refractivity contribution in [3.05, 3.63) is 33.9 Å². The Morgan fingerprint density at radius 1 is 1.18 bits per heavy atom. The third-order valence-electron chi connectivity index (χ3n) is 10.6. The van der Waals surface area contributed by atoms with E-state index in [1.807, 2.05) is 13.0 Å². The second-order valence-corrected chi connectivity index (χ2v) is 13.6. The Morgan fingerprint density at radius 3 is 2.56 bits per heavy atom. The molecule has 0 amide bonds. The third-order valence-corrected chi connectivity index (χ3v) is 11.5. The summed E-state index contributed by atoms with van der Waals surface area (Å²) in [5.74, 6) is -2.79. The molecule has 14 nitrogen and oxygen atoms in total. The number of aliphatic hydroxyl groups excluding tert-OH is 1. The van der Waals surface area contributed by atoms with Gasteiger partial charge < -0.3 is 35.0 Å². The maximum absolute atomic E-state index is 13.6. The Labute approximate surface area is 265 Å². The van der Waals surface area contributed by atoms with Crippen LogP contribution in [0.3, 0.4) is 0 Å². The minimum Gasteiger partial charge on any atom is -0.464 e. The highest BCUT2D eigenvalue weighted by atomic mass is 35.5. The van der Waals surface area contributed by atoms with Crippen LogP contribution in [-0.4, -0.2) is 88.0 Å². The zero-order valence-corrected chi connectivity index (χ0v) is 26.3. The molecule has 0 radical (unpaired) electrons. The molecule has 0 aliphatic heterocycles. The summed E-state index contributed by atoms with van der Waals surface area (Å²) in [5, 5.41) is 32.9. The van der Waals surface area contributed by atoms with Crippen molar-refractivity contribution in [1.29, 1.82) is 0 Å². The number of halogens is 1. The number of hydrogen-bond donors (Lipinski definition) is 3. The molecule has 0 bridgehead atoms. The van der Waals surface area contributed by atoms with Gasteiger partial charge in [-0.05, 0) is 55.9 Å². The monoisotopic (exact) mass is 656 g/mol. The molecule has 4 aliphatic carbocycles. The van der Waals surface area contributed by atoms with Gasteiger partial charge in [0.05, 0.1) is 24.2 Å². The normalized spacial score (nSPS) is 37.3. The van der Waals surface area contributed by atoms with Crippen LogP contribution in [0.4, 0.5) is 4.79 Å². The number of rotatable bonds is 12.